The molecule has 2 rings (SSSR count). The van der Waals surface area contributed by atoms with Gasteiger partial charge in [-0.1, -0.05) is 81.3 Å². The molecule has 168 valence electrons. The summed E-state index contributed by atoms with van der Waals surface area (Å²) in [4.78, 5) is 27.6. The Labute approximate surface area is 188 Å². The highest BCUT2D eigenvalue weighted by Crippen LogP contribution is 2.17. The van der Waals surface area contributed by atoms with Gasteiger partial charge in [0, 0.05) is 19.5 Å². The van der Waals surface area contributed by atoms with Crippen molar-refractivity contribution in [2.75, 3.05) is 6.54 Å². The molecule has 0 spiro atoms. The summed E-state index contributed by atoms with van der Waals surface area (Å²) < 4.78 is 0. The zero-order valence-corrected chi connectivity index (χ0v) is 19.8. The summed E-state index contributed by atoms with van der Waals surface area (Å²) in [6, 6.07) is 16.1. The number of rotatable bonds is 11. The van der Waals surface area contributed by atoms with Gasteiger partial charge in [-0.15, -0.1) is 0 Å². The van der Waals surface area contributed by atoms with Gasteiger partial charge in [-0.25, -0.2) is 0 Å². The van der Waals surface area contributed by atoms with Crippen LogP contribution in [0.15, 0.2) is 48.5 Å². The summed E-state index contributed by atoms with van der Waals surface area (Å²) in [6.07, 6.45) is 3.03. The van der Waals surface area contributed by atoms with Crippen molar-refractivity contribution >= 4 is 11.8 Å². The molecule has 0 heterocycles. The lowest BCUT2D eigenvalue weighted by molar-refractivity contribution is -0.140. The Morgan fingerprint density at radius 1 is 1.00 bits per heavy atom. The van der Waals surface area contributed by atoms with E-state index < -0.39 is 6.04 Å². The molecule has 2 aromatic carbocycles. The number of hydrogen-bond donors (Lipinski definition) is 1. The average Bonchev–Trinajstić information content (AvgIpc) is 2.75. The monoisotopic (exact) mass is 422 g/mol. The Hall–Kier alpha value is -2.62. The lowest BCUT2D eigenvalue weighted by atomic mass is 10.00. The number of hydrogen-bond acceptors (Lipinski definition) is 2. The third-order valence-electron chi connectivity index (χ3n) is 5.71. The van der Waals surface area contributed by atoms with Gasteiger partial charge in [0.05, 0.1) is 0 Å². The Bertz CT molecular complexity index is 843. The fraction of sp³-hybridized carbons (Fsp3) is 0.481. The number of nitrogens with one attached hydrogen (secondary N) is 1. The van der Waals surface area contributed by atoms with E-state index >= 15 is 0 Å². The van der Waals surface area contributed by atoms with E-state index in [-0.39, 0.29) is 11.8 Å². The number of aryl methyl sites for hydroxylation is 2. The highest BCUT2D eigenvalue weighted by molar-refractivity contribution is 5.87. The van der Waals surface area contributed by atoms with Crippen molar-refractivity contribution in [2.24, 2.45) is 0 Å². The second kappa shape index (κ2) is 12.3. The van der Waals surface area contributed by atoms with Crippen molar-refractivity contribution in [1.29, 1.82) is 0 Å². The Morgan fingerprint density at radius 2 is 1.71 bits per heavy atom. The van der Waals surface area contributed by atoms with Crippen molar-refractivity contribution in [3.8, 4) is 0 Å². The molecule has 0 saturated heterocycles. The van der Waals surface area contributed by atoms with E-state index in [1.807, 2.05) is 32.0 Å². The molecule has 4 heteroatoms. The van der Waals surface area contributed by atoms with Gasteiger partial charge in [0.15, 0.2) is 0 Å². The quantitative estimate of drug-likeness (QED) is 0.494. The number of unbranched alkanes of at least 4 members (excludes halogenated alkanes) is 1. The number of carbonyl (C=O) groups is 2. The summed E-state index contributed by atoms with van der Waals surface area (Å²) in [5.41, 5.74) is 4.64. The minimum atomic E-state index is -0.506. The van der Waals surface area contributed by atoms with Crippen LogP contribution in [0.4, 0.5) is 0 Å². The molecule has 31 heavy (non-hydrogen) atoms. The fourth-order valence-electron chi connectivity index (χ4n) is 3.59. The topological polar surface area (TPSA) is 49.4 Å². The maximum atomic E-state index is 13.2. The molecule has 2 amide bonds. The summed E-state index contributed by atoms with van der Waals surface area (Å²) in [5.74, 6) is 0.413. The molecule has 0 aliphatic heterocycles. The maximum absolute atomic E-state index is 13.2. The second-order valence-corrected chi connectivity index (χ2v) is 8.73. The number of benzene rings is 2. The lowest BCUT2D eigenvalue weighted by Crippen LogP contribution is -2.47. The van der Waals surface area contributed by atoms with Crippen molar-refractivity contribution in [3.63, 3.8) is 0 Å². The van der Waals surface area contributed by atoms with Crippen LogP contribution in [0, 0.1) is 6.92 Å². The smallest absolute Gasteiger partial charge is 0.242 e. The molecule has 2 aromatic rings. The van der Waals surface area contributed by atoms with Crippen molar-refractivity contribution in [1.82, 2.24) is 10.2 Å². The molecular formula is C27H38N2O2. The normalized spacial score (nSPS) is 11.9. The highest BCUT2D eigenvalue weighted by Gasteiger charge is 2.25. The fourth-order valence-corrected chi connectivity index (χ4v) is 3.59. The second-order valence-electron chi connectivity index (χ2n) is 8.73. The molecule has 0 aliphatic carbocycles. The highest BCUT2D eigenvalue weighted by atomic mass is 16.2. The van der Waals surface area contributed by atoms with Crippen LogP contribution >= 0.6 is 0 Å². The number of nitrogens with zero attached hydrogens (tertiary/aromatic N) is 1. The van der Waals surface area contributed by atoms with Gasteiger partial charge in [0.1, 0.15) is 6.04 Å². The van der Waals surface area contributed by atoms with Crippen molar-refractivity contribution in [2.45, 2.75) is 78.8 Å². The zero-order chi connectivity index (χ0) is 22.8. The zero-order valence-electron chi connectivity index (χ0n) is 19.8. The molecule has 1 atom stereocenters. The van der Waals surface area contributed by atoms with Gasteiger partial charge in [-0.05, 0) is 49.3 Å². The summed E-state index contributed by atoms with van der Waals surface area (Å²) in [7, 11) is 0. The summed E-state index contributed by atoms with van der Waals surface area (Å²) >= 11 is 0. The third-order valence-corrected chi connectivity index (χ3v) is 5.71. The SMILES string of the molecule is CCCCNC(=O)[C@@H](C)N(Cc1cccc(C)c1)C(=O)CCc1ccc(C(C)C)cc1. The van der Waals surface area contributed by atoms with Crippen LogP contribution in [0.1, 0.15) is 75.1 Å². The molecule has 0 unspecified atom stereocenters. The molecule has 4 nitrogen and oxygen atoms in total. The van der Waals surface area contributed by atoms with Gasteiger partial charge in [0.2, 0.25) is 11.8 Å². The van der Waals surface area contributed by atoms with Gasteiger partial charge < -0.3 is 10.2 Å². The van der Waals surface area contributed by atoms with Crippen LogP contribution in [-0.2, 0) is 22.6 Å². The van der Waals surface area contributed by atoms with E-state index in [1.54, 1.807) is 4.90 Å². The van der Waals surface area contributed by atoms with Gasteiger partial charge in [-0.3, -0.25) is 9.59 Å². The van der Waals surface area contributed by atoms with Crippen molar-refractivity contribution in [3.05, 3.63) is 70.8 Å². The standard InChI is InChI=1S/C27H38N2O2/c1-6-7-17-28-27(31)22(5)29(19-24-10-8-9-21(4)18-24)26(30)16-13-23-11-14-25(15-12-23)20(2)3/h8-12,14-15,18,20,22H,6-7,13,16-17,19H2,1-5H3,(H,28,31)/t22-/m1/s1. The van der Waals surface area contributed by atoms with E-state index in [9.17, 15) is 9.59 Å². The lowest BCUT2D eigenvalue weighted by Gasteiger charge is -2.29. The van der Waals surface area contributed by atoms with Gasteiger partial charge in [0.25, 0.3) is 0 Å². The van der Waals surface area contributed by atoms with Crippen LogP contribution in [0.2, 0.25) is 0 Å². The summed E-state index contributed by atoms with van der Waals surface area (Å²) in [6.45, 7) is 11.4. The first-order valence-electron chi connectivity index (χ1n) is 11.5. The average molecular weight is 423 g/mol. The molecule has 0 aliphatic rings. The van der Waals surface area contributed by atoms with E-state index in [0.29, 0.717) is 31.8 Å². The molecule has 0 radical (unpaired) electrons. The predicted molar refractivity (Wildman–Crippen MR) is 128 cm³/mol. The Balaban J connectivity index is 2.09. The number of amides is 2. The van der Waals surface area contributed by atoms with E-state index in [1.165, 1.54) is 5.56 Å². The molecule has 0 bridgehead atoms. The Morgan fingerprint density at radius 3 is 2.32 bits per heavy atom. The molecule has 1 N–H and O–H groups in total. The van der Waals surface area contributed by atoms with Crippen LogP contribution in [0.5, 0.6) is 0 Å². The van der Waals surface area contributed by atoms with Gasteiger partial charge in [-0.2, -0.15) is 0 Å². The van der Waals surface area contributed by atoms with E-state index in [2.05, 4.69) is 56.4 Å². The first kappa shape index (κ1) is 24.6. The first-order chi connectivity index (χ1) is 14.8. The van der Waals surface area contributed by atoms with E-state index in [0.717, 1.165) is 29.5 Å². The van der Waals surface area contributed by atoms with Crippen molar-refractivity contribution < 1.29 is 9.59 Å². The van der Waals surface area contributed by atoms with E-state index in [4.69, 9.17) is 0 Å². The maximum Gasteiger partial charge on any atom is 0.242 e. The minimum absolute atomic E-state index is 0.00702. The molecular weight excluding hydrogens is 384 g/mol. The van der Waals surface area contributed by atoms with Gasteiger partial charge >= 0.3 is 0 Å². The molecule has 0 aromatic heterocycles. The minimum Gasteiger partial charge on any atom is -0.354 e. The largest absolute Gasteiger partial charge is 0.354 e. The molecule has 0 fully saturated rings. The predicted octanol–water partition coefficient (Wildman–Crippen LogP) is 5.38. The molecule has 0 saturated carbocycles. The first-order valence-corrected chi connectivity index (χ1v) is 11.5. The summed E-state index contributed by atoms with van der Waals surface area (Å²) in [5, 5.41) is 2.97. The van der Waals surface area contributed by atoms with Crippen LogP contribution < -0.4 is 5.32 Å². The van der Waals surface area contributed by atoms with Crippen LogP contribution in [-0.4, -0.2) is 29.3 Å². The van der Waals surface area contributed by atoms with Crippen LogP contribution in [0.25, 0.3) is 0 Å². The third kappa shape index (κ3) is 7.86. The van der Waals surface area contributed by atoms with Crippen LogP contribution in [0.3, 0.4) is 0 Å². The Kier molecular flexibility index (Phi) is 9.77. The number of carbonyl (C=O) groups excluding carboxylic acids is 2.